The lowest BCUT2D eigenvalue weighted by atomic mass is 10.1. The van der Waals surface area contributed by atoms with Crippen molar-refractivity contribution >= 4 is 17.7 Å². The highest BCUT2D eigenvalue weighted by atomic mass is 16.6. The molecule has 3 aromatic rings. The summed E-state index contributed by atoms with van der Waals surface area (Å²) in [6.07, 6.45) is 2.61. The molecular formula is C19H15N3O5. The van der Waals surface area contributed by atoms with Crippen LogP contribution in [0.5, 0.6) is 0 Å². The second-order valence-corrected chi connectivity index (χ2v) is 5.67. The van der Waals surface area contributed by atoms with E-state index in [9.17, 15) is 14.9 Å². The quantitative estimate of drug-likeness (QED) is 0.283. The van der Waals surface area contributed by atoms with Crippen LogP contribution in [0.2, 0.25) is 0 Å². The molecule has 0 atom stereocenters. The number of nitro benzene ring substituents is 1. The first-order valence-corrected chi connectivity index (χ1v) is 8.00. The molecule has 136 valence electrons. The van der Waals surface area contributed by atoms with E-state index in [1.165, 1.54) is 30.4 Å². The molecule has 0 radical (unpaired) electrons. The number of benzene rings is 2. The van der Waals surface area contributed by atoms with Crippen molar-refractivity contribution in [3.63, 3.8) is 0 Å². The smallest absolute Gasteiger partial charge is 0.331 e. The minimum absolute atomic E-state index is 0.0555. The van der Waals surface area contributed by atoms with Gasteiger partial charge in [0.25, 0.3) is 11.6 Å². The number of aryl methyl sites for hydroxylation is 1. The van der Waals surface area contributed by atoms with Crippen LogP contribution in [-0.4, -0.2) is 21.0 Å². The van der Waals surface area contributed by atoms with E-state index in [1.807, 2.05) is 31.2 Å². The normalized spacial score (nSPS) is 10.9. The first-order chi connectivity index (χ1) is 13.0. The third-order valence-electron chi connectivity index (χ3n) is 3.61. The van der Waals surface area contributed by atoms with Crippen molar-refractivity contribution in [2.45, 2.75) is 13.5 Å². The zero-order chi connectivity index (χ0) is 19.2. The van der Waals surface area contributed by atoms with E-state index in [0.29, 0.717) is 11.4 Å². The molecule has 0 aliphatic carbocycles. The van der Waals surface area contributed by atoms with Gasteiger partial charge < -0.3 is 9.26 Å². The molecule has 0 fully saturated rings. The molecule has 0 saturated carbocycles. The molecule has 2 aromatic carbocycles. The molecule has 3 rings (SSSR count). The summed E-state index contributed by atoms with van der Waals surface area (Å²) in [5.74, 6) is -0.0487. The van der Waals surface area contributed by atoms with Gasteiger partial charge in [-0.1, -0.05) is 47.1 Å². The molecule has 8 heteroatoms. The van der Waals surface area contributed by atoms with Gasteiger partial charge >= 0.3 is 5.97 Å². The molecule has 27 heavy (non-hydrogen) atoms. The number of rotatable bonds is 6. The molecule has 0 unspecified atom stereocenters. The maximum absolute atomic E-state index is 11.8. The molecule has 0 aliphatic heterocycles. The van der Waals surface area contributed by atoms with E-state index in [1.54, 1.807) is 6.07 Å². The van der Waals surface area contributed by atoms with Crippen molar-refractivity contribution in [1.82, 2.24) is 10.1 Å². The predicted molar refractivity (Wildman–Crippen MR) is 96.4 cm³/mol. The van der Waals surface area contributed by atoms with Crippen LogP contribution in [0, 0.1) is 17.0 Å². The first-order valence-electron chi connectivity index (χ1n) is 8.00. The van der Waals surface area contributed by atoms with E-state index >= 15 is 0 Å². The molecular weight excluding hydrogens is 350 g/mol. The topological polar surface area (TPSA) is 108 Å². The number of nitrogens with zero attached hydrogens (tertiary/aromatic N) is 3. The molecule has 0 bridgehead atoms. The van der Waals surface area contributed by atoms with Gasteiger partial charge in [0.15, 0.2) is 6.61 Å². The zero-order valence-electron chi connectivity index (χ0n) is 14.4. The van der Waals surface area contributed by atoms with Crippen LogP contribution in [0.25, 0.3) is 17.5 Å². The average Bonchev–Trinajstić information content (AvgIpc) is 3.14. The standard InChI is InChI=1S/C19H15N3O5/c1-13-5-8-15(9-6-13)19-20-17(27-21-19)12-26-18(23)10-7-14-3-2-4-16(11-14)22(24)25/h2-11H,12H2,1H3/b10-7+. The van der Waals surface area contributed by atoms with E-state index in [4.69, 9.17) is 9.26 Å². The zero-order valence-corrected chi connectivity index (χ0v) is 14.4. The molecule has 0 N–H and O–H groups in total. The van der Waals surface area contributed by atoms with Gasteiger partial charge in [0.1, 0.15) is 0 Å². The summed E-state index contributed by atoms with van der Waals surface area (Å²) in [7, 11) is 0. The Kier molecular flexibility index (Phi) is 5.36. The molecule has 1 aromatic heterocycles. The van der Waals surface area contributed by atoms with E-state index < -0.39 is 10.9 Å². The highest BCUT2D eigenvalue weighted by Gasteiger charge is 2.10. The van der Waals surface area contributed by atoms with E-state index in [0.717, 1.165) is 11.1 Å². The molecule has 0 amide bonds. The Labute approximate surface area is 154 Å². The number of carbonyl (C=O) groups is 1. The number of nitro groups is 1. The average molecular weight is 365 g/mol. The minimum Gasteiger partial charge on any atom is -0.452 e. The van der Waals surface area contributed by atoms with E-state index in [2.05, 4.69) is 10.1 Å². The van der Waals surface area contributed by atoms with Crippen LogP contribution in [0.15, 0.2) is 59.1 Å². The summed E-state index contributed by atoms with van der Waals surface area (Å²) in [6, 6.07) is 13.5. The van der Waals surface area contributed by atoms with Crippen LogP contribution in [0.3, 0.4) is 0 Å². The highest BCUT2D eigenvalue weighted by Crippen LogP contribution is 2.17. The Hall–Kier alpha value is -3.81. The maximum Gasteiger partial charge on any atom is 0.331 e. The Bertz CT molecular complexity index is 993. The van der Waals surface area contributed by atoms with Crippen LogP contribution >= 0.6 is 0 Å². The largest absolute Gasteiger partial charge is 0.452 e. The first kappa shape index (κ1) is 18.0. The Morgan fingerprint density at radius 3 is 2.78 bits per heavy atom. The van der Waals surface area contributed by atoms with Gasteiger partial charge in [-0.15, -0.1) is 0 Å². The highest BCUT2D eigenvalue weighted by molar-refractivity contribution is 5.87. The van der Waals surface area contributed by atoms with Gasteiger partial charge in [-0.3, -0.25) is 10.1 Å². The van der Waals surface area contributed by atoms with Crippen LogP contribution < -0.4 is 0 Å². The van der Waals surface area contributed by atoms with Crippen molar-refractivity contribution in [3.05, 3.63) is 81.7 Å². The molecule has 0 spiro atoms. The fraction of sp³-hybridized carbons (Fsp3) is 0.105. The summed E-state index contributed by atoms with van der Waals surface area (Å²) in [4.78, 5) is 26.2. The SMILES string of the molecule is Cc1ccc(-c2noc(COC(=O)/C=C/c3cccc([N+](=O)[O-])c3)n2)cc1. The number of aromatic nitrogens is 2. The summed E-state index contributed by atoms with van der Waals surface area (Å²) >= 11 is 0. The number of esters is 1. The fourth-order valence-corrected chi connectivity index (χ4v) is 2.22. The minimum atomic E-state index is -0.628. The van der Waals surface area contributed by atoms with Crippen molar-refractivity contribution in [3.8, 4) is 11.4 Å². The lowest BCUT2D eigenvalue weighted by molar-refractivity contribution is -0.384. The Morgan fingerprint density at radius 1 is 1.26 bits per heavy atom. The number of hydrogen-bond donors (Lipinski definition) is 0. The van der Waals surface area contributed by atoms with Crippen molar-refractivity contribution in [2.75, 3.05) is 0 Å². The fourth-order valence-electron chi connectivity index (χ4n) is 2.22. The van der Waals surface area contributed by atoms with Gasteiger partial charge in [0.05, 0.1) is 4.92 Å². The lowest BCUT2D eigenvalue weighted by Gasteiger charge is -1.97. The summed E-state index contributed by atoms with van der Waals surface area (Å²) in [6.45, 7) is 1.81. The number of non-ortho nitro benzene ring substituents is 1. The molecule has 0 aliphatic rings. The third-order valence-corrected chi connectivity index (χ3v) is 3.61. The van der Waals surface area contributed by atoms with Gasteiger partial charge in [-0.25, -0.2) is 4.79 Å². The Morgan fingerprint density at radius 2 is 2.04 bits per heavy atom. The van der Waals surface area contributed by atoms with Gasteiger partial charge in [0.2, 0.25) is 5.82 Å². The maximum atomic E-state index is 11.8. The van der Waals surface area contributed by atoms with Crippen molar-refractivity contribution < 1.29 is 19.0 Å². The second-order valence-electron chi connectivity index (χ2n) is 5.67. The third kappa shape index (κ3) is 4.85. The van der Waals surface area contributed by atoms with E-state index in [-0.39, 0.29) is 18.2 Å². The van der Waals surface area contributed by atoms with Gasteiger partial charge in [-0.05, 0) is 18.6 Å². The lowest BCUT2D eigenvalue weighted by Crippen LogP contribution is -2.01. The number of carbonyl (C=O) groups excluding carboxylic acids is 1. The Balaban J connectivity index is 1.57. The van der Waals surface area contributed by atoms with Crippen LogP contribution in [0.4, 0.5) is 5.69 Å². The van der Waals surface area contributed by atoms with Gasteiger partial charge in [0, 0.05) is 23.8 Å². The number of ether oxygens (including phenoxy) is 1. The summed E-state index contributed by atoms with van der Waals surface area (Å²) < 4.78 is 10.1. The van der Waals surface area contributed by atoms with Crippen LogP contribution in [0.1, 0.15) is 17.0 Å². The predicted octanol–water partition coefficient (Wildman–Crippen LogP) is 3.71. The van der Waals surface area contributed by atoms with Crippen molar-refractivity contribution in [2.24, 2.45) is 0 Å². The number of hydrogen-bond acceptors (Lipinski definition) is 7. The molecule has 1 heterocycles. The second kappa shape index (κ2) is 8.05. The van der Waals surface area contributed by atoms with Crippen molar-refractivity contribution in [1.29, 1.82) is 0 Å². The summed E-state index contributed by atoms with van der Waals surface area (Å²) in [5.41, 5.74) is 2.38. The van der Waals surface area contributed by atoms with Gasteiger partial charge in [-0.2, -0.15) is 4.98 Å². The van der Waals surface area contributed by atoms with Crippen LogP contribution in [-0.2, 0) is 16.1 Å². The monoisotopic (exact) mass is 365 g/mol. The molecule has 8 nitrogen and oxygen atoms in total. The molecule has 0 saturated heterocycles. The summed E-state index contributed by atoms with van der Waals surface area (Å²) in [5, 5.41) is 14.6.